The fourth-order valence-electron chi connectivity index (χ4n) is 1.20. The molecule has 102 valence electrons. The van der Waals surface area contributed by atoms with Crippen molar-refractivity contribution in [1.82, 2.24) is 0 Å². The lowest BCUT2D eigenvalue weighted by atomic mass is 10.1. The van der Waals surface area contributed by atoms with Crippen molar-refractivity contribution in [1.29, 1.82) is 0 Å². The second kappa shape index (κ2) is 6.54. The lowest BCUT2D eigenvalue weighted by Gasteiger charge is -2.11. The molecule has 0 aliphatic rings. The zero-order valence-corrected chi connectivity index (χ0v) is 11.1. The fraction of sp³-hybridized carbons (Fsp3) is 0.455. The molecule has 1 N–H and O–H groups in total. The Bertz CT molecular complexity index is 396. The molecule has 0 radical (unpaired) electrons. The van der Waals surface area contributed by atoms with Crippen molar-refractivity contribution in [2.24, 2.45) is 0 Å². The Morgan fingerprint density at radius 3 is 2.61 bits per heavy atom. The Hall–Kier alpha value is -0.590. The molecule has 7 heteroatoms. The molecule has 1 atom stereocenters. The quantitative estimate of drug-likeness (QED) is 0.833. The van der Waals surface area contributed by atoms with Crippen LogP contribution in [0.3, 0.4) is 0 Å². The van der Waals surface area contributed by atoms with Gasteiger partial charge in [-0.2, -0.15) is 13.2 Å². The summed E-state index contributed by atoms with van der Waals surface area (Å²) in [6.07, 6.45) is -0.655. The molecule has 0 heterocycles. The van der Waals surface area contributed by atoms with Crippen LogP contribution in [0.25, 0.3) is 0 Å². The van der Waals surface area contributed by atoms with Crippen LogP contribution in [0.4, 0.5) is 13.2 Å². The first kappa shape index (κ1) is 15.5. The van der Waals surface area contributed by atoms with E-state index in [9.17, 15) is 18.3 Å². The summed E-state index contributed by atoms with van der Waals surface area (Å²) in [5.41, 5.74) is -3.62. The van der Waals surface area contributed by atoms with Crippen LogP contribution in [-0.4, -0.2) is 23.0 Å². The third kappa shape index (κ3) is 5.37. The Morgan fingerprint density at radius 2 is 2.11 bits per heavy atom. The number of hydrogen-bond donors (Lipinski definition) is 1. The van der Waals surface area contributed by atoms with Crippen LogP contribution in [0.15, 0.2) is 18.2 Å². The summed E-state index contributed by atoms with van der Waals surface area (Å²) in [6.45, 7) is 1.50. The number of ether oxygens (including phenoxy) is 1. The summed E-state index contributed by atoms with van der Waals surface area (Å²) in [5.74, 6) is 0.113. The summed E-state index contributed by atoms with van der Waals surface area (Å²) < 4.78 is 40.7. The van der Waals surface area contributed by atoms with Gasteiger partial charge in [-0.15, -0.1) is 0 Å². The molecule has 18 heavy (non-hydrogen) atoms. The van der Waals surface area contributed by atoms with E-state index in [0.717, 1.165) is 0 Å². The second-order valence-electron chi connectivity index (χ2n) is 3.51. The fourth-order valence-corrected chi connectivity index (χ4v) is 1.84. The van der Waals surface area contributed by atoms with Crippen molar-refractivity contribution in [3.05, 3.63) is 28.8 Å². The van der Waals surface area contributed by atoms with E-state index in [2.05, 4.69) is 0 Å². The summed E-state index contributed by atoms with van der Waals surface area (Å²) in [5, 5.41) is 9.58. The van der Waals surface area contributed by atoms with Gasteiger partial charge in [-0.05, 0) is 36.4 Å². The molecule has 1 aromatic carbocycles. The highest BCUT2D eigenvalue weighted by Gasteiger charge is 2.27. The highest BCUT2D eigenvalue weighted by molar-refractivity contribution is 8.00. The number of halogens is 4. The van der Waals surface area contributed by atoms with Crippen molar-refractivity contribution in [3.8, 4) is 5.75 Å². The van der Waals surface area contributed by atoms with Gasteiger partial charge in [0.15, 0.2) is 0 Å². The molecule has 0 fully saturated rings. The van der Waals surface area contributed by atoms with E-state index in [1.54, 1.807) is 13.0 Å². The minimum absolute atomic E-state index is 0.0854. The summed E-state index contributed by atoms with van der Waals surface area (Å²) in [6, 6.07) is 4.67. The smallest absolute Gasteiger partial charge is 0.441 e. The number of aliphatic hydroxyl groups excluding tert-OH is 1. The summed E-state index contributed by atoms with van der Waals surface area (Å²) >= 11 is 5.74. The second-order valence-corrected chi connectivity index (χ2v) is 5.08. The van der Waals surface area contributed by atoms with Crippen molar-refractivity contribution in [2.45, 2.75) is 18.5 Å². The molecule has 0 spiro atoms. The van der Waals surface area contributed by atoms with Gasteiger partial charge in [0.05, 0.1) is 17.7 Å². The monoisotopic (exact) mass is 300 g/mol. The van der Waals surface area contributed by atoms with Gasteiger partial charge in [0.2, 0.25) is 0 Å². The average molecular weight is 301 g/mol. The molecule has 2 nitrogen and oxygen atoms in total. The predicted octanol–water partition coefficient (Wildman–Crippen LogP) is 4.03. The molecule has 0 saturated heterocycles. The van der Waals surface area contributed by atoms with Gasteiger partial charge in [-0.3, -0.25) is 0 Å². The Labute approximate surface area is 112 Å². The maximum absolute atomic E-state index is 11.9. The zero-order chi connectivity index (χ0) is 13.8. The van der Waals surface area contributed by atoms with E-state index < -0.39 is 11.6 Å². The van der Waals surface area contributed by atoms with Crippen molar-refractivity contribution >= 4 is 23.4 Å². The lowest BCUT2D eigenvalue weighted by Crippen LogP contribution is -2.07. The van der Waals surface area contributed by atoms with Crippen LogP contribution < -0.4 is 4.74 Å². The minimum Gasteiger partial charge on any atom is -0.491 e. The van der Waals surface area contributed by atoms with E-state index in [0.29, 0.717) is 11.3 Å². The molecule has 0 saturated carbocycles. The predicted molar refractivity (Wildman–Crippen MR) is 66.1 cm³/mol. The topological polar surface area (TPSA) is 29.5 Å². The molecular formula is C11H12ClF3O2S. The average Bonchev–Trinajstić information content (AvgIpc) is 2.24. The zero-order valence-electron chi connectivity index (χ0n) is 9.50. The molecule has 0 aliphatic carbocycles. The maximum atomic E-state index is 11.9. The van der Waals surface area contributed by atoms with Gasteiger partial charge in [0, 0.05) is 5.75 Å². The van der Waals surface area contributed by atoms with Gasteiger partial charge in [0.25, 0.3) is 0 Å². The van der Waals surface area contributed by atoms with Crippen LogP contribution in [0.5, 0.6) is 5.75 Å². The summed E-state index contributed by atoms with van der Waals surface area (Å²) in [7, 11) is 0. The van der Waals surface area contributed by atoms with E-state index in [-0.39, 0.29) is 29.1 Å². The van der Waals surface area contributed by atoms with Crippen LogP contribution >= 0.6 is 23.4 Å². The maximum Gasteiger partial charge on any atom is 0.441 e. The molecule has 1 unspecified atom stereocenters. The van der Waals surface area contributed by atoms with Crippen LogP contribution in [0.2, 0.25) is 5.02 Å². The largest absolute Gasteiger partial charge is 0.491 e. The number of alkyl halides is 3. The van der Waals surface area contributed by atoms with Gasteiger partial charge in [0.1, 0.15) is 5.75 Å². The normalized spacial score (nSPS) is 13.4. The third-order valence-corrected chi connectivity index (χ3v) is 3.04. The molecule has 0 aromatic heterocycles. The Balaban J connectivity index is 2.48. The standard InChI is InChI=1S/C11H12ClF3O2S/c1-7(16)8-2-3-10(9(12)6-8)17-4-5-18-11(13,14)15/h2-3,6-7,16H,4-5H2,1H3. The number of benzene rings is 1. The first-order valence-electron chi connectivity index (χ1n) is 5.10. The van der Waals surface area contributed by atoms with Crippen LogP contribution in [-0.2, 0) is 0 Å². The van der Waals surface area contributed by atoms with Gasteiger partial charge >= 0.3 is 5.51 Å². The lowest BCUT2D eigenvalue weighted by molar-refractivity contribution is -0.0329. The highest BCUT2D eigenvalue weighted by Crippen LogP contribution is 2.31. The number of thioether (sulfide) groups is 1. The molecule has 0 amide bonds. The first-order chi connectivity index (χ1) is 8.29. The van der Waals surface area contributed by atoms with Gasteiger partial charge in [-0.25, -0.2) is 0 Å². The Kier molecular flexibility index (Phi) is 5.62. The van der Waals surface area contributed by atoms with Gasteiger partial charge in [-0.1, -0.05) is 17.7 Å². The SMILES string of the molecule is CC(O)c1ccc(OCCSC(F)(F)F)c(Cl)c1. The summed E-state index contributed by atoms with van der Waals surface area (Å²) in [4.78, 5) is 0. The van der Waals surface area contributed by atoms with Crippen LogP contribution in [0.1, 0.15) is 18.6 Å². The number of rotatable bonds is 5. The molecule has 1 aromatic rings. The van der Waals surface area contributed by atoms with E-state index in [1.807, 2.05) is 0 Å². The number of hydrogen-bond acceptors (Lipinski definition) is 3. The van der Waals surface area contributed by atoms with Gasteiger partial charge < -0.3 is 9.84 Å². The molecule has 0 aliphatic heterocycles. The number of aliphatic hydroxyl groups is 1. The van der Waals surface area contributed by atoms with Crippen molar-refractivity contribution in [2.75, 3.05) is 12.4 Å². The van der Waals surface area contributed by atoms with Crippen LogP contribution in [0, 0.1) is 0 Å². The van der Waals surface area contributed by atoms with E-state index in [1.165, 1.54) is 12.1 Å². The molecular weight excluding hydrogens is 289 g/mol. The Morgan fingerprint density at radius 1 is 1.44 bits per heavy atom. The van der Waals surface area contributed by atoms with Crippen molar-refractivity contribution in [3.63, 3.8) is 0 Å². The van der Waals surface area contributed by atoms with E-state index >= 15 is 0 Å². The highest BCUT2D eigenvalue weighted by atomic mass is 35.5. The molecule has 1 rings (SSSR count). The minimum atomic E-state index is -4.25. The van der Waals surface area contributed by atoms with Crippen molar-refractivity contribution < 1.29 is 23.0 Å². The molecule has 0 bridgehead atoms. The third-order valence-electron chi connectivity index (χ3n) is 2.04. The first-order valence-corrected chi connectivity index (χ1v) is 6.47. The van der Waals surface area contributed by atoms with E-state index in [4.69, 9.17) is 16.3 Å².